The van der Waals surface area contributed by atoms with E-state index in [1.54, 1.807) is 27.7 Å². The van der Waals surface area contributed by atoms with E-state index in [4.69, 9.17) is 10.5 Å². The molecule has 0 fully saturated rings. The van der Waals surface area contributed by atoms with Crippen LogP contribution in [0, 0.1) is 6.92 Å². The minimum Gasteiger partial charge on any atom is -0.456 e. The number of anilines is 1. The van der Waals surface area contributed by atoms with Crippen LogP contribution in [0.15, 0.2) is 0 Å². The Balaban J connectivity index is 3.15. The molecule has 0 unspecified atom stereocenters. The minimum atomic E-state index is -0.575. The first-order valence-corrected chi connectivity index (χ1v) is 6.08. The van der Waals surface area contributed by atoms with E-state index in [0.29, 0.717) is 21.0 Å². The van der Waals surface area contributed by atoms with E-state index >= 15 is 0 Å². The number of ether oxygens (including phenoxy) is 1. The monoisotopic (exact) mass is 255 g/mol. The lowest BCUT2D eigenvalue weighted by molar-refractivity contribution is 0.00706. The largest absolute Gasteiger partial charge is 0.456 e. The number of nitrogen functional groups attached to an aromatic ring is 1. The molecular weight excluding hydrogens is 238 g/mol. The van der Waals surface area contributed by atoms with Crippen molar-refractivity contribution >= 4 is 28.1 Å². The number of esters is 1. The molecule has 1 aromatic rings. The number of rotatable bonds is 2. The molecule has 0 aliphatic heterocycles. The summed E-state index contributed by atoms with van der Waals surface area (Å²) in [5.74, 6) is -0.565. The molecule has 94 valence electrons. The molecule has 1 aromatic heterocycles. The number of nitrogens with two attached hydrogens (primary N) is 1. The van der Waals surface area contributed by atoms with Gasteiger partial charge in [0.1, 0.15) is 10.6 Å². The van der Waals surface area contributed by atoms with Crippen LogP contribution in [0.2, 0.25) is 0 Å². The van der Waals surface area contributed by atoms with Crippen molar-refractivity contribution in [1.82, 2.24) is 0 Å². The van der Waals surface area contributed by atoms with Crippen molar-refractivity contribution in [3.05, 3.63) is 16.0 Å². The Kier molecular flexibility index (Phi) is 3.62. The molecule has 17 heavy (non-hydrogen) atoms. The topological polar surface area (TPSA) is 69.4 Å². The van der Waals surface area contributed by atoms with Gasteiger partial charge in [0.05, 0.1) is 10.4 Å². The zero-order chi connectivity index (χ0) is 13.4. The molecule has 4 nitrogen and oxygen atoms in total. The molecule has 0 amide bonds. The molecule has 0 aliphatic rings. The van der Waals surface area contributed by atoms with Crippen molar-refractivity contribution in [3.8, 4) is 0 Å². The first kappa shape index (κ1) is 13.7. The molecule has 0 saturated heterocycles. The summed E-state index contributed by atoms with van der Waals surface area (Å²) in [4.78, 5) is 23.8. The van der Waals surface area contributed by atoms with Crippen LogP contribution in [0.1, 0.15) is 53.3 Å². The van der Waals surface area contributed by atoms with Crippen LogP contribution in [0.4, 0.5) is 5.00 Å². The van der Waals surface area contributed by atoms with E-state index in [9.17, 15) is 9.59 Å². The molecule has 0 bridgehead atoms. The molecule has 0 radical (unpaired) electrons. The molecule has 2 N–H and O–H groups in total. The molecule has 0 aliphatic carbocycles. The molecular formula is C12H17NO3S. The van der Waals surface area contributed by atoms with Gasteiger partial charge in [-0.1, -0.05) is 0 Å². The van der Waals surface area contributed by atoms with Crippen LogP contribution in [0.25, 0.3) is 0 Å². The minimum absolute atomic E-state index is 0.0889. The Morgan fingerprint density at radius 3 is 2.18 bits per heavy atom. The third kappa shape index (κ3) is 3.06. The number of hydrogen-bond acceptors (Lipinski definition) is 5. The molecule has 0 atom stereocenters. The molecule has 5 heteroatoms. The number of ketones is 1. The van der Waals surface area contributed by atoms with Gasteiger partial charge in [-0.15, -0.1) is 11.3 Å². The van der Waals surface area contributed by atoms with Gasteiger partial charge in [-0.2, -0.15) is 0 Å². The second kappa shape index (κ2) is 4.49. The Hall–Kier alpha value is -1.36. The second-order valence-corrected chi connectivity index (χ2v) is 5.91. The summed E-state index contributed by atoms with van der Waals surface area (Å²) in [6.07, 6.45) is 0. The van der Waals surface area contributed by atoms with E-state index in [0.717, 1.165) is 11.3 Å². The normalized spacial score (nSPS) is 11.4. The fourth-order valence-corrected chi connectivity index (χ4v) is 2.41. The number of thiophene rings is 1. The maximum Gasteiger partial charge on any atom is 0.341 e. The maximum absolute atomic E-state index is 11.9. The number of carbonyl (C=O) groups excluding carboxylic acids is 2. The second-order valence-electron chi connectivity index (χ2n) is 4.85. The van der Waals surface area contributed by atoms with Gasteiger partial charge < -0.3 is 10.5 Å². The third-order valence-corrected chi connectivity index (χ3v) is 3.32. The van der Waals surface area contributed by atoms with Gasteiger partial charge in [0, 0.05) is 0 Å². The quantitative estimate of drug-likeness (QED) is 0.651. The van der Waals surface area contributed by atoms with Crippen LogP contribution < -0.4 is 5.73 Å². The molecule has 1 rings (SSSR count). The fraction of sp³-hybridized carbons (Fsp3) is 0.500. The number of hydrogen-bond donors (Lipinski definition) is 1. The van der Waals surface area contributed by atoms with Crippen LogP contribution in [-0.4, -0.2) is 17.4 Å². The standard InChI is InChI=1S/C12H17NO3S/c1-6-8(11(15)16-12(3,4)5)10(13)17-9(6)7(2)14/h13H2,1-5H3. The zero-order valence-electron chi connectivity index (χ0n) is 10.7. The van der Waals surface area contributed by atoms with Crippen molar-refractivity contribution in [3.63, 3.8) is 0 Å². The highest BCUT2D eigenvalue weighted by Gasteiger charge is 2.25. The SMILES string of the molecule is CC(=O)c1sc(N)c(C(=O)OC(C)(C)C)c1C. The molecule has 0 aromatic carbocycles. The van der Waals surface area contributed by atoms with Gasteiger partial charge in [-0.25, -0.2) is 4.79 Å². The van der Waals surface area contributed by atoms with E-state index in [2.05, 4.69) is 0 Å². The Morgan fingerprint density at radius 1 is 1.29 bits per heavy atom. The number of carbonyl (C=O) groups is 2. The third-order valence-electron chi connectivity index (χ3n) is 2.10. The summed E-state index contributed by atoms with van der Waals surface area (Å²) >= 11 is 1.13. The summed E-state index contributed by atoms with van der Waals surface area (Å²) in [6, 6.07) is 0. The highest BCUT2D eigenvalue weighted by molar-refractivity contribution is 7.18. The summed E-state index contributed by atoms with van der Waals surface area (Å²) in [6.45, 7) is 8.53. The van der Waals surface area contributed by atoms with Crippen molar-refractivity contribution < 1.29 is 14.3 Å². The summed E-state index contributed by atoms with van der Waals surface area (Å²) in [5.41, 5.74) is 6.11. The van der Waals surface area contributed by atoms with E-state index in [-0.39, 0.29) is 5.78 Å². The molecule has 0 spiro atoms. The van der Waals surface area contributed by atoms with Crippen molar-refractivity contribution in [2.45, 2.75) is 40.2 Å². The van der Waals surface area contributed by atoms with Gasteiger partial charge in [-0.05, 0) is 40.2 Å². The van der Waals surface area contributed by atoms with Crippen LogP contribution in [0.3, 0.4) is 0 Å². The molecule has 1 heterocycles. The van der Waals surface area contributed by atoms with E-state index < -0.39 is 11.6 Å². The van der Waals surface area contributed by atoms with Gasteiger partial charge >= 0.3 is 5.97 Å². The van der Waals surface area contributed by atoms with Gasteiger partial charge in [-0.3, -0.25) is 4.79 Å². The summed E-state index contributed by atoms with van der Waals surface area (Å²) in [7, 11) is 0. The highest BCUT2D eigenvalue weighted by Crippen LogP contribution is 2.32. The number of Topliss-reactive ketones (excluding diaryl/α,β-unsaturated/α-hetero) is 1. The van der Waals surface area contributed by atoms with Crippen molar-refractivity contribution in [1.29, 1.82) is 0 Å². The highest BCUT2D eigenvalue weighted by atomic mass is 32.1. The lowest BCUT2D eigenvalue weighted by Gasteiger charge is -2.19. The maximum atomic E-state index is 11.9. The van der Waals surface area contributed by atoms with E-state index in [1.807, 2.05) is 0 Å². The smallest absolute Gasteiger partial charge is 0.341 e. The van der Waals surface area contributed by atoms with Crippen LogP contribution in [0.5, 0.6) is 0 Å². The van der Waals surface area contributed by atoms with Crippen LogP contribution in [-0.2, 0) is 4.74 Å². The summed E-state index contributed by atoms with van der Waals surface area (Å²) in [5, 5.41) is 0.335. The van der Waals surface area contributed by atoms with Gasteiger partial charge in [0.2, 0.25) is 0 Å². The van der Waals surface area contributed by atoms with Crippen LogP contribution >= 0.6 is 11.3 Å². The first-order chi connectivity index (χ1) is 7.63. The average molecular weight is 255 g/mol. The lowest BCUT2D eigenvalue weighted by Crippen LogP contribution is -2.24. The Morgan fingerprint density at radius 2 is 1.82 bits per heavy atom. The first-order valence-electron chi connectivity index (χ1n) is 5.26. The summed E-state index contributed by atoms with van der Waals surface area (Å²) < 4.78 is 5.25. The predicted molar refractivity (Wildman–Crippen MR) is 68.6 cm³/mol. The van der Waals surface area contributed by atoms with E-state index in [1.165, 1.54) is 6.92 Å². The Bertz CT molecular complexity index is 469. The van der Waals surface area contributed by atoms with Crippen molar-refractivity contribution in [2.24, 2.45) is 0 Å². The predicted octanol–water partition coefficient (Wildman–Crippen LogP) is 2.80. The average Bonchev–Trinajstić information content (AvgIpc) is 2.38. The molecule has 0 saturated carbocycles. The van der Waals surface area contributed by atoms with Gasteiger partial charge in [0.15, 0.2) is 5.78 Å². The Labute approximate surface area is 105 Å². The fourth-order valence-electron chi connectivity index (χ4n) is 1.45. The zero-order valence-corrected chi connectivity index (χ0v) is 11.5. The lowest BCUT2D eigenvalue weighted by atomic mass is 10.1. The van der Waals surface area contributed by atoms with Gasteiger partial charge in [0.25, 0.3) is 0 Å². The van der Waals surface area contributed by atoms with Crippen molar-refractivity contribution in [2.75, 3.05) is 5.73 Å².